The zero-order chi connectivity index (χ0) is 14.0. The second-order valence-corrected chi connectivity index (χ2v) is 6.48. The highest BCUT2D eigenvalue weighted by molar-refractivity contribution is 5.48. The standard InChI is InChI=1S/C16H20N2/c1-15(2,3)8-7-12-9-14(16(4,5)6)18-11-13(12)10-17/h9,11H,1-6H3. The number of hydrogen-bond donors (Lipinski definition) is 0. The summed E-state index contributed by atoms with van der Waals surface area (Å²) in [6, 6.07) is 4.07. The summed E-state index contributed by atoms with van der Waals surface area (Å²) in [5.74, 6) is 6.27. The van der Waals surface area contributed by atoms with E-state index < -0.39 is 0 Å². The lowest BCUT2D eigenvalue weighted by Gasteiger charge is -2.18. The van der Waals surface area contributed by atoms with Crippen LogP contribution in [0.5, 0.6) is 0 Å². The second-order valence-electron chi connectivity index (χ2n) is 6.48. The molecular weight excluding hydrogens is 220 g/mol. The molecule has 0 aliphatic heterocycles. The Hall–Kier alpha value is -1.80. The molecule has 0 N–H and O–H groups in total. The molecule has 0 saturated heterocycles. The third-order valence-electron chi connectivity index (χ3n) is 2.37. The predicted molar refractivity (Wildman–Crippen MR) is 74.0 cm³/mol. The van der Waals surface area contributed by atoms with Crippen molar-refractivity contribution in [1.29, 1.82) is 5.26 Å². The van der Waals surface area contributed by atoms with Gasteiger partial charge in [0.1, 0.15) is 6.07 Å². The number of aromatic nitrogens is 1. The van der Waals surface area contributed by atoms with Crippen LogP contribution in [0.15, 0.2) is 12.3 Å². The molecule has 0 spiro atoms. The molecule has 0 bridgehead atoms. The molecule has 0 aliphatic carbocycles. The molecule has 0 unspecified atom stereocenters. The Morgan fingerprint density at radius 2 is 1.67 bits per heavy atom. The molecule has 1 rings (SSSR count). The van der Waals surface area contributed by atoms with E-state index >= 15 is 0 Å². The molecule has 0 aromatic carbocycles. The molecule has 1 aromatic rings. The van der Waals surface area contributed by atoms with E-state index in [0.717, 1.165) is 11.3 Å². The van der Waals surface area contributed by atoms with Crippen molar-refractivity contribution in [1.82, 2.24) is 4.98 Å². The summed E-state index contributed by atoms with van der Waals surface area (Å²) in [5.41, 5.74) is 2.16. The highest BCUT2D eigenvalue weighted by atomic mass is 14.7. The van der Waals surface area contributed by atoms with Gasteiger partial charge in [-0.1, -0.05) is 32.6 Å². The first kappa shape index (κ1) is 14.3. The van der Waals surface area contributed by atoms with Crippen molar-refractivity contribution in [3.63, 3.8) is 0 Å². The van der Waals surface area contributed by atoms with Crippen LogP contribution in [0.4, 0.5) is 0 Å². The van der Waals surface area contributed by atoms with Crippen molar-refractivity contribution >= 4 is 0 Å². The number of nitriles is 1. The van der Waals surface area contributed by atoms with Gasteiger partial charge >= 0.3 is 0 Å². The summed E-state index contributed by atoms with van der Waals surface area (Å²) >= 11 is 0. The third kappa shape index (κ3) is 3.90. The molecule has 18 heavy (non-hydrogen) atoms. The molecule has 94 valence electrons. The first-order chi connectivity index (χ1) is 8.13. The molecule has 1 aromatic heterocycles. The van der Waals surface area contributed by atoms with E-state index in [2.05, 4.69) is 64.4 Å². The fourth-order valence-corrected chi connectivity index (χ4v) is 1.31. The van der Waals surface area contributed by atoms with Crippen molar-refractivity contribution in [2.45, 2.75) is 47.0 Å². The minimum atomic E-state index is -0.0715. The van der Waals surface area contributed by atoms with Crippen LogP contribution in [0.2, 0.25) is 0 Å². The second kappa shape index (κ2) is 4.83. The van der Waals surface area contributed by atoms with Gasteiger partial charge in [0.05, 0.1) is 5.56 Å². The fraction of sp³-hybridized carbons (Fsp3) is 0.500. The van der Waals surface area contributed by atoms with E-state index in [4.69, 9.17) is 5.26 Å². The summed E-state index contributed by atoms with van der Waals surface area (Å²) in [5, 5.41) is 9.08. The molecular formula is C16H20N2. The summed E-state index contributed by atoms with van der Waals surface area (Å²) in [7, 11) is 0. The van der Waals surface area contributed by atoms with Crippen molar-refractivity contribution in [2.75, 3.05) is 0 Å². The molecule has 0 saturated carbocycles. The number of hydrogen-bond acceptors (Lipinski definition) is 2. The monoisotopic (exact) mass is 240 g/mol. The number of rotatable bonds is 0. The molecule has 2 nitrogen and oxygen atoms in total. The molecule has 2 heteroatoms. The number of nitrogens with zero attached hydrogens (tertiary/aromatic N) is 2. The van der Waals surface area contributed by atoms with E-state index in [1.54, 1.807) is 6.20 Å². The van der Waals surface area contributed by atoms with Crippen LogP contribution >= 0.6 is 0 Å². The van der Waals surface area contributed by atoms with E-state index in [0.29, 0.717) is 5.56 Å². The Morgan fingerprint density at radius 1 is 1.06 bits per heavy atom. The maximum absolute atomic E-state index is 9.08. The molecule has 0 atom stereocenters. The maximum Gasteiger partial charge on any atom is 0.102 e. The van der Waals surface area contributed by atoms with Gasteiger partial charge < -0.3 is 0 Å². The van der Waals surface area contributed by atoms with Crippen LogP contribution in [0.25, 0.3) is 0 Å². The maximum atomic E-state index is 9.08. The molecule has 1 heterocycles. The lowest BCUT2D eigenvalue weighted by atomic mass is 9.90. The van der Waals surface area contributed by atoms with Gasteiger partial charge in [-0.15, -0.1) is 0 Å². The first-order valence-electron chi connectivity index (χ1n) is 6.07. The summed E-state index contributed by atoms with van der Waals surface area (Å²) in [4.78, 5) is 4.34. The molecule has 0 amide bonds. The van der Waals surface area contributed by atoms with Crippen LogP contribution in [-0.2, 0) is 5.41 Å². The van der Waals surface area contributed by atoms with Crippen molar-refractivity contribution in [3.05, 3.63) is 29.1 Å². The average Bonchev–Trinajstić information content (AvgIpc) is 2.23. The first-order valence-corrected chi connectivity index (χ1v) is 6.07. The van der Waals surface area contributed by atoms with Crippen molar-refractivity contribution in [3.8, 4) is 17.9 Å². The Balaban J connectivity index is 3.32. The van der Waals surface area contributed by atoms with E-state index in [9.17, 15) is 0 Å². The van der Waals surface area contributed by atoms with Gasteiger partial charge in [-0.3, -0.25) is 4.98 Å². The topological polar surface area (TPSA) is 36.7 Å². The largest absolute Gasteiger partial charge is 0.259 e. The predicted octanol–water partition coefficient (Wildman–Crippen LogP) is 3.65. The highest BCUT2D eigenvalue weighted by Crippen LogP contribution is 2.22. The summed E-state index contributed by atoms with van der Waals surface area (Å²) < 4.78 is 0. The average molecular weight is 240 g/mol. The Kier molecular flexibility index (Phi) is 3.82. The van der Waals surface area contributed by atoms with Gasteiger partial charge in [-0.2, -0.15) is 5.26 Å². The van der Waals surface area contributed by atoms with Gasteiger partial charge in [-0.25, -0.2) is 0 Å². The van der Waals surface area contributed by atoms with Gasteiger partial charge in [-0.05, 0) is 26.8 Å². The van der Waals surface area contributed by atoms with Gasteiger partial charge in [0.2, 0.25) is 0 Å². The quantitative estimate of drug-likeness (QED) is 0.649. The highest BCUT2D eigenvalue weighted by Gasteiger charge is 2.17. The summed E-state index contributed by atoms with van der Waals surface area (Å²) in [6.45, 7) is 12.5. The van der Waals surface area contributed by atoms with Crippen molar-refractivity contribution < 1.29 is 0 Å². The fourth-order valence-electron chi connectivity index (χ4n) is 1.31. The van der Waals surface area contributed by atoms with Crippen LogP contribution in [0.3, 0.4) is 0 Å². The molecule has 0 aliphatic rings. The van der Waals surface area contributed by atoms with Gasteiger partial charge in [0, 0.05) is 28.3 Å². The minimum absolute atomic E-state index is 0.0356. The van der Waals surface area contributed by atoms with Crippen LogP contribution in [-0.4, -0.2) is 4.98 Å². The Bertz CT molecular complexity index is 538. The van der Waals surface area contributed by atoms with Gasteiger partial charge in [0.15, 0.2) is 0 Å². The van der Waals surface area contributed by atoms with Crippen LogP contribution < -0.4 is 0 Å². The van der Waals surface area contributed by atoms with E-state index in [1.165, 1.54) is 0 Å². The number of pyridine rings is 1. The summed E-state index contributed by atoms with van der Waals surface area (Å²) in [6.07, 6.45) is 1.62. The third-order valence-corrected chi connectivity index (χ3v) is 2.37. The smallest absolute Gasteiger partial charge is 0.102 e. The molecule has 0 fully saturated rings. The Labute approximate surface area is 110 Å². The zero-order valence-corrected chi connectivity index (χ0v) is 12.0. The van der Waals surface area contributed by atoms with Crippen LogP contribution in [0.1, 0.15) is 58.4 Å². The SMILES string of the molecule is CC(C)(C)C#Cc1cc(C(C)(C)C)ncc1C#N. The van der Waals surface area contributed by atoms with Crippen molar-refractivity contribution in [2.24, 2.45) is 5.41 Å². The normalized spacial score (nSPS) is 11.4. The lowest BCUT2D eigenvalue weighted by Crippen LogP contribution is -2.14. The van der Waals surface area contributed by atoms with Gasteiger partial charge in [0.25, 0.3) is 0 Å². The molecule has 0 radical (unpaired) electrons. The minimum Gasteiger partial charge on any atom is -0.259 e. The lowest BCUT2D eigenvalue weighted by molar-refractivity contribution is 0.568. The van der Waals surface area contributed by atoms with E-state index in [-0.39, 0.29) is 10.8 Å². The zero-order valence-electron chi connectivity index (χ0n) is 12.0. The van der Waals surface area contributed by atoms with Crippen LogP contribution in [0, 0.1) is 28.6 Å². The van der Waals surface area contributed by atoms with E-state index in [1.807, 2.05) is 6.07 Å². The Morgan fingerprint density at radius 3 is 2.11 bits per heavy atom.